The highest BCUT2D eigenvalue weighted by molar-refractivity contribution is 5.14. The van der Waals surface area contributed by atoms with Crippen LogP contribution >= 0.6 is 0 Å². The molecule has 0 aromatic heterocycles. The molecule has 0 spiro atoms. The van der Waals surface area contributed by atoms with Crippen molar-refractivity contribution in [3.05, 3.63) is 35.9 Å². The van der Waals surface area contributed by atoms with Crippen molar-refractivity contribution in [3.8, 4) is 0 Å². The Hall–Kier alpha value is -0.820. The molecule has 1 heteroatoms. The first-order valence-electron chi connectivity index (χ1n) is 10.1. The summed E-state index contributed by atoms with van der Waals surface area (Å²) in [5.74, 6) is 2.68. The minimum absolute atomic E-state index is 0.468. The van der Waals surface area contributed by atoms with Crippen LogP contribution in [0.1, 0.15) is 64.9 Å². The maximum absolute atomic E-state index is 6.50. The lowest BCUT2D eigenvalue weighted by molar-refractivity contribution is -0.166. The van der Waals surface area contributed by atoms with E-state index in [0.29, 0.717) is 16.9 Å². The van der Waals surface area contributed by atoms with Crippen molar-refractivity contribution in [2.45, 2.75) is 71.8 Å². The average molecular weight is 327 g/mol. The zero-order chi connectivity index (χ0) is 16.8. The molecule has 2 atom stereocenters. The molecule has 24 heavy (non-hydrogen) atoms. The van der Waals surface area contributed by atoms with Gasteiger partial charge in [-0.3, -0.25) is 0 Å². The Labute approximate surface area is 148 Å². The zero-order valence-corrected chi connectivity index (χ0v) is 15.8. The molecule has 4 aliphatic rings. The van der Waals surface area contributed by atoms with E-state index in [2.05, 4.69) is 51.1 Å². The van der Waals surface area contributed by atoms with Gasteiger partial charge in [-0.05, 0) is 79.1 Å². The SMILES string of the molecule is CC(C)(C)CC12CC3CC(C1)C(OCCc1ccccc1)C(C3)C2. The molecule has 0 aliphatic heterocycles. The van der Waals surface area contributed by atoms with Crippen molar-refractivity contribution in [2.24, 2.45) is 28.6 Å². The zero-order valence-electron chi connectivity index (χ0n) is 15.8. The summed E-state index contributed by atoms with van der Waals surface area (Å²) >= 11 is 0. The van der Waals surface area contributed by atoms with Crippen LogP contribution in [0.2, 0.25) is 0 Å². The van der Waals surface area contributed by atoms with Crippen molar-refractivity contribution in [3.63, 3.8) is 0 Å². The highest BCUT2D eigenvalue weighted by Crippen LogP contribution is 2.63. The summed E-state index contributed by atoms with van der Waals surface area (Å²) in [7, 11) is 0. The first kappa shape index (κ1) is 16.6. The molecule has 1 aromatic rings. The molecule has 4 fully saturated rings. The minimum Gasteiger partial charge on any atom is -0.377 e. The molecule has 5 rings (SSSR count). The largest absolute Gasteiger partial charge is 0.377 e. The Morgan fingerprint density at radius 3 is 2.29 bits per heavy atom. The van der Waals surface area contributed by atoms with Crippen LogP contribution in [0.15, 0.2) is 30.3 Å². The third-order valence-electron chi connectivity index (χ3n) is 6.76. The van der Waals surface area contributed by atoms with Gasteiger partial charge in [0.25, 0.3) is 0 Å². The van der Waals surface area contributed by atoms with Crippen LogP contribution in [-0.2, 0) is 11.2 Å². The minimum atomic E-state index is 0.468. The van der Waals surface area contributed by atoms with E-state index in [1.807, 2.05) is 0 Å². The molecule has 0 N–H and O–H groups in total. The fourth-order valence-corrected chi connectivity index (χ4v) is 6.72. The maximum Gasteiger partial charge on any atom is 0.0632 e. The Morgan fingerprint density at radius 1 is 1.00 bits per heavy atom. The fourth-order valence-electron chi connectivity index (χ4n) is 6.72. The fraction of sp³-hybridized carbons (Fsp3) is 0.739. The van der Waals surface area contributed by atoms with E-state index in [9.17, 15) is 0 Å². The van der Waals surface area contributed by atoms with Crippen LogP contribution in [0.3, 0.4) is 0 Å². The molecular weight excluding hydrogens is 292 g/mol. The van der Waals surface area contributed by atoms with Gasteiger partial charge >= 0.3 is 0 Å². The number of rotatable bonds is 5. The molecule has 0 heterocycles. The Morgan fingerprint density at radius 2 is 1.67 bits per heavy atom. The van der Waals surface area contributed by atoms with E-state index >= 15 is 0 Å². The molecule has 4 aliphatic carbocycles. The summed E-state index contributed by atoms with van der Waals surface area (Å²) in [4.78, 5) is 0. The molecule has 2 unspecified atom stereocenters. The van der Waals surface area contributed by atoms with Gasteiger partial charge in [0.05, 0.1) is 12.7 Å². The summed E-state index contributed by atoms with van der Waals surface area (Å²) in [5.41, 5.74) is 2.52. The van der Waals surface area contributed by atoms with E-state index < -0.39 is 0 Å². The lowest BCUT2D eigenvalue weighted by Crippen LogP contribution is -2.55. The van der Waals surface area contributed by atoms with Crippen molar-refractivity contribution in [1.29, 1.82) is 0 Å². The van der Waals surface area contributed by atoms with Crippen molar-refractivity contribution >= 4 is 0 Å². The Balaban J connectivity index is 1.38. The molecular formula is C23H34O. The highest BCUT2D eigenvalue weighted by atomic mass is 16.5. The van der Waals surface area contributed by atoms with Crippen molar-refractivity contribution in [2.75, 3.05) is 6.61 Å². The Kier molecular flexibility index (Phi) is 4.27. The third-order valence-corrected chi connectivity index (χ3v) is 6.76. The molecule has 1 aromatic carbocycles. The van der Waals surface area contributed by atoms with Gasteiger partial charge in [0.15, 0.2) is 0 Å². The van der Waals surface area contributed by atoms with Gasteiger partial charge in [-0.1, -0.05) is 51.1 Å². The standard InChI is InChI=1S/C23H34O/c1-22(2,3)16-23-13-18-11-19(14-23)21(20(12-18)15-23)24-10-9-17-7-5-4-6-8-17/h4-8,18-21H,9-16H2,1-3H3. The molecule has 132 valence electrons. The molecule has 0 saturated heterocycles. The van der Waals surface area contributed by atoms with Gasteiger partial charge in [-0.15, -0.1) is 0 Å². The normalized spacial score (nSPS) is 37.8. The van der Waals surface area contributed by atoms with Crippen LogP contribution < -0.4 is 0 Å². The topological polar surface area (TPSA) is 9.23 Å². The predicted octanol–water partition coefficient (Wildman–Crippen LogP) is 5.88. The number of hydrogen-bond donors (Lipinski definition) is 0. The van der Waals surface area contributed by atoms with E-state index in [4.69, 9.17) is 4.74 Å². The van der Waals surface area contributed by atoms with Gasteiger partial charge in [0, 0.05) is 0 Å². The summed E-state index contributed by atoms with van der Waals surface area (Å²) in [6.07, 6.45) is 10.3. The molecule has 4 bridgehead atoms. The molecule has 1 nitrogen and oxygen atoms in total. The predicted molar refractivity (Wildman–Crippen MR) is 99.9 cm³/mol. The average Bonchev–Trinajstić information content (AvgIpc) is 2.48. The second-order valence-corrected chi connectivity index (χ2v) is 10.3. The second kappa shape index (κ2) is 6.16. The van der Waals surface area contributed by atoms with Gasteiger partial charge < -0.3 is 4.74 Å². The first-order chi connectivity index (χ1) is 11.4. The number of ether oxygens (including phenoxy) is 1. The van der Waals surface area contributed by atoms with E-state index in [-0.39, 0.29) is 0 Å². The highest BCUT2D eigenvalue weighted by Gasteiger charge is 2.56. The lowest BCUT2D eigenvalue weighted by atomic mass is 9.46. The summed E-state index contributed by atoms with van der Waals surface area (Å²) in [5, 5.41) is 0. The number of hydrogen-bond acceptors (Lipinski definition) is 1. The summed E-state index contributed by atoms with van der Waals surface area (Å²) < 4.78 is 6.50. The Bertz CT molecular complexity index is 539. The van der Waals surface area contributed by atoms with Crippen LogP contribution in [0, 0.1) is 28.6 Å². The summed E-state index contributed by atoms with van der Waals surface area (Å²) in [6, 6.07) is 10.8. The van der Waals surface area contributed by atoms with Crippen LogP contribution in [-0.4, -0.2) is 12.7 Å². The van der Waals surface area contributed by atoms with Gasteiger partial charge in [-0.2, -0.15) is 0 Å². The van der Waals surface area contributed by atoms with Crippen LogP contribution in [0.25, 0.3) is 0 Å². The van der Waals surface area contributed by atoms with E-state index in [1.165, 1.54) is 44.1 Å². The van der Waals surface area contributed by atoms with Gasteiger partial charge in [-0.25, -0.2) is 0 Å². The monoisotopic (exact) mass is 326 g/mol. The molecule has 0 amide bonds. The quantitative estimate of drug-likeness (QED) is 0.657. The summed E-state index contributed by atoms with van der Waals surface area (Å²) in [6.45, 7) is 8.19. The van der Waals surface area contributed by atoms with E-state index in [1.54, 1.807) is 0 Å². The third kappa shape index (κ3) is 3.43. The van der Waals surface area contributed by atoms with Crippen molar-refractivity contribution in [1.82, 2.24) is 0 Å². The lowest BCUT2D eigenvalue weighted by Gasteiger charge is -2.61. The first-order valence-corrected chi connectivity index (χ1v) is 10.1. The van der Waals surface area contributed by atoms with Gasteiger partial charge in [0.2, 0.25) is 0 Å². The molecule has 0 radical (unpaired) electrons. The second-order valence-electron chi connectivity index (χ2n) is 10.3. The molecule has 4 saturated carbocycles. The van der Waals surface area contributed by atoms with Crippen LogP contribution in [0.4, 0.5) is 0 Å². The van der Waals surface area contributed by atoms with Gasteiger partial charge in [0.1, 0.15) is 0 Å². The number of benzene rings is 1. The van der Waals surface area contributed by atoms with Crippen molar-refractivity contribution < 1.29 is 4.74 Å². The van der Waals surface area contributed by atoms with E-state index in [0.717, 1.165) is 30.8 Å². The van der Waals surface area contributed by atoms with Crippen LogP contribution in [0.5, 0.6) is 0 Å². The smallest absolute Gasteiger partial charge is 0.0632 e. The maximum atomic E-state index is 6.50.